The zero-order valence-corrected chi connectivity index (χ0v) is 13.1. The van der Waals surface area contributed by atoms with E-state index in [4.69, 9.17) is 4.74 Å². The van der Waals surface area contributed by atoms with Crippen molar-refractivity contribution in [3.63, 3.8) is 0 Å². The Bertz CT molecular complexity index is 548. The Balaban J connectivity index is 2.16. The van der Waals surface area contributed by atoms with Crippen LogP contribution in [0.25, 0.3) is 0 Å². The largest absolute Gasteiger partial charge is 0.385 e. The minimum atomic E-state index is -0.237. The van der Waals surface area contributed by atoms with Gasteiger partial charge in [0.15, 0.2) is 0 Å². The summed E-state index contributed by atoms with van der Waals surface area (Å²) in [5.41, 5.74) is 0.988. The average Bonchev–Trinajstić information content (AvgIpc) is 2.55. The third-order valence-corrected chi connectivity index (χ3v) is 3.57. The lowest BCUT2D eigenvalue weighted by Gasteiger charge is -2.27. The number of rotatable bonds is 8. The van der Waals surface area contributed by atoms with Crippen LogP contribution in [-0.2, 0) is 4.74 Å². The van der Waals surface area contributed by atoms with Crippen molar-refractivity contribution in [3.05, 3.63) is 59.9 Å². The second-order valence-electron chi connectivity index (χ2n) is 5.24. The number of aromatic nitrogens is 2. The van der Waals surface area contributed by atoms with Crippen LogP contribution < -0.4 is 0 Å². The molecule has 1 aromatic carbocycles. The molecule has 0 radical (unpaired) electrons. The first-order valence-corrected chi connectivity index (χ1v) is 7.44. The van der Waals surface area contributed by atoms with Gasteiger partial charge in [0.25, 0.3) is 0 Å². The zero-order valence-electron chi connectivity index (χ0n) is 13.1. The minimum Gasteiger partial charge on any atom is -0.385 e. The minimum absolute atomic E-state index is 0.0793. The summed E-state index contributed by atoms with van der Waals surface area (Å²) in [6, 6.07) is 8.26. The van der Waals surface area contributed by atoms with E-state index in [1.54, 1.807) is 37.7 Å². The Labute approximate surface area is 131 Å². The molecule has 0 spiro atoms. The van der Waals surface area contributed by atoms with Crippen LogP contribution in [0.3, 0.4) is 0 Å². The zero-order chi connectivity index (χ0) is 15.8. The number of methoxy groups -OCH3 is 1. The Morgan fingerprint density at radius 1 is 1.14 bits per heavy atom. The van der Waals surface area contributed by atoms with Gasteiger partial charge in [-0.25, -0.2) is 14.4 Å². The number of unbranched alkanes of at least 4 members (excludes halogenated alkanes) is 1. The van der Waals surface area contributed by atoms with Gasteiger partial charge in [0, 0.05) is 26.1 Å². The fraction of sp³-hybridized carbons (Fsp3) is 0.412. The molecule has 2 aromatic rings. The molecule has 1 atom stereocenters. The van der Waals surface area contributed by atoms with Crippen molar-refractivity contribution < 1.29 is 9.13 Å². The summed E-state index contributed by atoms with van der Waals surface area (Å²) in [4.78, 5) is 10.9. The maximum Gasteiger partial charge on any atom is 0.149 e. The summed E-state index contributed by atoms with van der Waals surface area (Å²) < 4.78 is 18.3. The molecule has 0 aliphatic heterocycles. The van der Waals surface area contributed by atoms with Crippen LogP contribution in [0.4, 0.5) is 4.39 Å². The first-order chi connectivity index (χ1) is 10.7. The van der Waals surface area contributed by atoms with Crippen molar-refractivity contribution in [2.45, 2.75) is 18.9 Å². The molecule has 118 valence electrons. The molecule has 0 bridgehead atoms. The smallest absolute Gasteiger partial charge is 0.149 e. The number of hydrogen-bond acceptors (Lipinski definition) is 4. The molecule has 0 aliphatic carbocycles. The van der Waals surface area contributed by atoms with Gasteiger partial charge in [0.1, 0.15) is 11.6 Å². The first-order valence-electron chi connectivity index (χ1n) is 7.44. The highest BCUT2D eigenvalue weighted by atomic mass is 19.1. The Morgan fingerprint density at radius 3 is 2.45 bits per heavy atom. The van der Waals surface area contributed by atoms with Crippen LogP contribution in [0.1, 0.15) is 30.3 Å². The molecular formula is C17H22FN3O. The molecule has 0 unspecified atom stereocenters. The van der Waals surface area contributed by atoms with E-state index in [9.17, 15) is 4.39 Å². The SMILES string of the molecule is COCCCCN(C)[C@H](c1ccc(F)cc1)c1ncccn1. The highest BCUT2D eigenvalue weighted by Crippen LogP contribution is 2.25. The van der Waals surface area contributed by atoms with Crippen LogP contribution in [-0.4, -0.2) is 42.2 Å². The Hall–Kier alpha value is -1.85. The maximum atomic E-state index is 13.2. The van der Waals surface area contributed by atoms with Crippen molar-refractivity contribution in [2.24, 2.45) is 0 Å². The standard InChI is InChI=1S/C17H22FN3O/c1-21(12-3-4-13-22-2)16(17-19-10-5-11-20-17)14-6-8-15(18)9-7-14/h5-11,16H,3-4,12-13H2,1-2H3/t16-/m1/s1. The molecule has 0 saturated carbocycles. The summed E-state index contributed by atoms with van der Waals surface area (Å²) in [6.07, 6.45) is 5.50. The predicted octanol–water partition coefficient (Wildman–Crippen LogP) is 3.06. The van der Waals surface area contributed by atoms with E-state index in [-0.39, 0.29) is 11.9 Å². The van der Waals surface area contributed by atoms with Gasteiger partial charge >= 0.3 is 0 Å². The number of nitrogens with zero attached hydrogens (tertiary/aromatic N) is 3. The van der Waals surface area contributed by atoms with E-state index in [0.29, 0.717) is 0 Å². The Kier molecular flexibility index (Phi) is 6.43. The van der Waals surface area contributed by atoms with Gasteiger partial charge in [-0.3, -0.25) is 4.90 Å². The van der Waals surface area contributed by atoms with E-state index < -0.39 is 0 Å². The molecule has 2 rings (SSSR count). The number of hydrogen-bond donors (Lipinski definition) is 0. The molecule has 0 saturated heterocycles. The second kappa shape index (κ2) is 8.56. The topological polar surface area (TPSA) is 38.2 Å². The lowest BCUT2D eigenvalue weighted by Crippen LogP contribution is -2.28. The fourth-order valence-electron chi connectivity index (χ4n) is 2.43. The third-order valence-electron chi connectivity index (χ3n) is 3.57. The van der Waals surface area contributed by atoms with E-state index in [2.05, 4.69) is 14.9 Å². The van der Waals surface area contributed by atoms with Crippen LogP contribution in [0, 0.1) is 5.82 Å². The summed E-state index contributed by atoms with van der Waals surface area (Å²) in [7, 11) is 3.75. The van der Waals surface area contributed by atoms with Gasteiger partial charge in [0.05, 0.1) is 6.04 Å². The van der Waals surface area contributed by atoms with Gasteiger partial charge in [0.2, 0.25) is 0 Å². The van der Waals surface area contributed by atoms with Gasteiger partial charge in [-0.1, -0.05) is 12.1 Å². The van der Waals surface area contributed by atoms with Crippen LogP contribution in [0.15, 0.2) is 42.7 Å². The molecule has 0 fully saturated rings. The van der Waals surface area contributed by atoms with E-state index in [0.717, 1.165) is 37.4 Å². The molecular weight excluding hydrogens is 281 g/mol. The summed E-state index contributed by atoms with van der Waals surface area (Å²) in [5, 5.41) is 0. The van der Waals surface area contributed by atoms with Gasteiger partial charge in [-0.05, 0) is 50.2 Å². The molecule has 1 heterocycles. The molecule has 4 nitrogen and oxygen atoms in total. The van der Waals surface area contributed by atoms with Crippen molar-refractivity contribution in [3.8, 4) is 0 Å². The summed E-state index contributed by atoms with van der Waals surface area (Å²) in [6.45, 7) is 1.65. The number of ether oxygens (including phenoxy) is 1. The van der Waals surface area contributed by atoms with Gasteiger partial charge in [-0.2, -0.15) is 0 Å². The third kappa shape index (κ3) is 4.58. The van der Waals surface area contributed by atoms with E-state index in [1.165, 1.54) is 12.1 Å². The van der Waals surface area contributed by atoms with E-state index in [1.807, 2.05) is 7.05 Å². The molecule has 1 aromatic heterocycles. The average molecular weight is 303 g/mol. The summed E-state index contributed by atoms with van der Waals surface area (Å²) in [5.74, 6) is 0.488. The van der Waals surface area contributed by atoms with Crippen molar-refractivity contribution in [1.82, 2.24) is 14.9 Å². The Morgan fingerprint density at radius 2 is 1.82 bits per heavy atom. The lowest BCUT2D eigenvalue weighted by atomic mass is 10.0. The lowest BCUT2D eigenvalue weighted by molar-refractivity contribution is 0.183. The molecule has 5 heteroatoms. The van der Waals surface area contributed by atoms with Crippen molar-refractivity contribution >= 4 is 0 Å². The first kappa shape index (κ1) is 16.5. The quantitative estimate of drug-likeness (QED) is 0.703. The fourth-order valence-corrected chi connectivity index (χ4v) is 2.43. The second-order valence-corrected chi connectivity index (χ2v) is 5.24. The van der Waals surface area contributed by atoms with Crippen LogP contribution in [0.5, 0.6) is 0 Å². The van der Waals surface area contributed by atoms with Crippen LogP contribution in [0.2, 0.25) is 0 Å². The van der Waals surface area contributed by atoms with Crippen molar-refractivity contribution in [2.75, 3.05) is 27.3 Å². The molecule has 22 heavy (non-hydrogen) atoms. The summed E-state index contributed by atoms with van der Waals surface area (Å²) >= 11 is 0. The maximum absolute atomic E-state index is 13.2. The van der Waals surface area contributed by atoms with E-state index >= 15 is 0 Å². The predicted molar refractivity (Wildman–Crippen MR) is 84.0 cm³/mol. The van der Waals surface area contributed by atoms with Gasteiger partial charge < -0.3 is 4.74 Å². The molecule has 0 N–H and O–H groups in total. The monoisotopic (exact) mass is 303 g/mol. The normalized spacial score (nSPS) is 12.5. The molecule has 0 amide bonds. The number of halogens is 1. The van der Waals surface area contributed by atoms with Crippen LogP contribution >= 0.6 is 0 Å². The highest BCUT2D eigenvalue weighted by molar-refractivity contribution is 5.25. The van der Waals surface area contributed by atoms with Gasteiger partial charge in [-0.15, -0.1) is 0 Å². The van der Waals surface area contributed by atoms with Crippen molar-refractivity contribution in [1.29, 1.82) is 0 Å². The molecule has 0 aliphatic rings. The number of benzene rings is 1. The highest BCUT2D eigenvalue weighted by Gasteiger charge is 2.21.